The van der Waals surface area contributed by atoms with Crippen LogP contribution in [0, 0.1) is 5.82 Å². The molecule has 1 amide bonds. The van der Waals surface area contributed by atoms with E-state index in [-0.39, 0.29) is 17.8 Å². The van der Waals surface area contributed by atoms with Crippen LogP contribution in [0.1, 0.15) is 16.1 Å². The third-order valence-electron chi connectivity index (χ3n) is 3.53. The SMILES string of the molecule is O=C(O)Cc1ccccc1NC(=O)c1ccn(-c2ccccc2F)n1. The average molecular weight is 339 g/mol. The molecule has 6 nitrogen and oxygen atoms in total. The van der Waals surface area contributed by atoms with E-state index in [1.54, 1.807) is 42.5 Å². The number of carbonyl (C=O) groups is 2. The quantitative estimate of drug-likeness (QED) is 0.748. The Morgan fingerprint density at radius 3 is 2.56 bits per heavy atom. The number of para-hydroxylation sites is 2. The number of hydrogen-bond acceptors (Lipinski definition) is 3. The maximum Gasteiger partial charge on any atom is 0.307 e. The van der Waals surface area contributed by atoms with Gasteiger partial charge >= 0.3 is 5.97 Å². The Labute approximate surface area is 142 Å². The summed E-state index contributed by atoms with van der Waals surface area (Å²) in [4.78, 5) is 23.3. The van der Waals surface area contributed by atoms with E-state index in [4.69, 9.17) is 5.11 Å². The number of nitrogens with one attached hydrogen (secondary N) is 1. The first kappa shape index (κ1) is 16.4. The van der Waals surface area contributed by atoms with Crippen molar-refractivity contribution in [2.24, 2.45) is 0 Å². The second-order valence-corrected chi connectivity index (χ2v) is 5.28. The molecule has 7 heteroatoms. The summed E-state index contributed by atoms with van der Waals surface area (Å²) >= 11 is 0. The Bertz CT molecular complexity index is 937. The van der Waals surface area contributed by atoms with Crippen molar-refractivity contribution in [2.45, 2.75) is 6.42 Å². The van der Waals surface area contributed by atoms with Crippen LogP contribution in [0.4, 0.5) is 10.1 Å². The van der Waals surface area contributed by atoms with Crippen LogP contribution in [0.25, 0.3) is 5.69 Å². The van der Waals surface area contributed by atoms with Crippen LogP contribution in [0.5, 0.6) is 0 Å². The van der Waals surface area contributed by atoms with Crippen molar-refractivity contribution in [2.75, 3.05) is 5.32 Å². The number of halogens is 1. The summed E-state index contributed by atoms with van der Waals surface area (Å²) in [5, 5.41) is 15.7. The third-order valence-corrected chi connectivity index (χ3v) is 3.53. The number of nitrogens with zero attached hydrogens (tertiary/aromatic N) is 2. The molecular weight excluding hydrogens is 325 g/mol. The number of anilines is 1. The van der Waals surface area contributed by atoms with Gasteiger partial charge in [-0.25, -0.2) is 9.07 Å². The van der Waals surface area contributed by atoms with Gasteiger partial charge in [0.1, 0.15) is 11.5 Å². The lowest BCUT2D eigenvalue weighted by molar-refractivity contribution is -0.136. The van der Waals surface area contributed by atoms with Crippen molar-refractivity contribution in [1.29, 1.82) is 0 Å². The van der Waals surface area contributed by atoms with Crippen LogP contribution in [0.2, 0.25) is 0 Å². The zero-order valence-corrected chi connectivity index (χ0v) is 13.0. The second kappa shape index (κ2) is 6.96. The fourth-order valence-electron chi connectivity index (χ4n) is 2.36. The number of aromatic nitrogens is 2. The van der Waals surface area contributed by atoms with Gasteiger partial charge in [-0.2, -0.15) is 5.10 Å². The minimum atomic E-state index is -0.995. The number of hydrogen-bond donors (Lipinski definition) is 2. The lowest BCUT2D eigenvalue weighted by Gasteiger charge is -2.08. The molecule has 3 aromatic rings. The molecule has 0 radical (unpaired) electrons. The molecule has 1 aromatic heterocycles. The van der Waals surface area contributed by atoms with E-state index in [1.807, 2.05) is 0 Å². The van der Waals surface area contributed by atoms with Crippen LogP contribution in [-0.2, 0) is 11.2 Å². The number of benzene rings is 2. The van der Waals surface area contributed by atoms with E-state index < -0.39 is 17.7 Å². The summed E-state index contributed by atoms with van der Waals surface area (Å²) in [6.45, 7) is 0. The van der Waals surface area contributed by atoms with Gasteiger partial charge < -0.3 is 10.4 Å². The van der Waals surface area contributed by atoms with Gasteiger partial charge in [0, 0.05) is 11.9 Å². The Kier molecular flexibility index (Phi) is 4.56. The van der Waals surface area contributed by atoms with E-state index in [2.05, 4.69) is 10.4 Å². The predicted molar refractivity (Wildman–Crippen MR) is 89.3 cm³/mol. The fraction of sp³-hybridized carbons (Fsp3) is 0.0556. The highest BCUT2D eigenvalue weighted by molar-refractivity contribution is 6.03. The zero-order chi connectivity index (χ0) is 17.8. The van der Waals surface area contributed by atoms with Gasteiger partial charge in [0.25, 0.3) is 5.91 Å². The van der Waals surface area contributed by atoms with E-state index in [0.29, 0.717) is 11.3 Å². The van der Waals surface area contributed by atoms with E-state index in [0.717, 1.165) is 0 Å². The molecule has 0 fully saturated rings. The number of carbonyl (C=O) groups excluding carboxylic acids is 1. The largest absolute Gasteiger partial charge is 0.481 e. The summed E-state index contributed by atoms with van der Waals surface area (Å²) in [5.41, 5.74) is 1.20. The van der Waals surface area contributed by atoms with Crippen molar-refractivity contribution in [3.63, 3.8) is 0 Å². The van der Waals surface area contributed by atoms with Gasteiger partial charge in [0.05, 0.1) is 6.42 Å². The first-order valence-corrected chi connectivity index (χ1v) is 7.46. The molecular formula is C18H14FN3O3. The Hall–Kier alpha value is -3.48. The molecule has 0 atom stereocenters. The van der Waals surface area contributed by atoms with E-state index in [9.17, 15) is 14.0 Å². The van der Waals surface area contributed by atoms with Crippen molar-refractivity contribution in [3.05, 3.63) is 77.9 Å². The lowest BCUT2D eigenvalue weighted by atomic mass is 10.1. The normalized spacial score (nSPS) is 10.4. The molecule has 0 saturated carbocycles. The highest BCUT2D eigenvalue weighted by Gasteiger charge is 2.14. The first-order valence-electron chi connectivity index (χ1n) is 7.46. The van der Waals surface area contributed by atoms with Gasteiger partial charge in [-0.15, -0.1) is 0 Å². The molecule has 0 aliphatic carbocycles. The summed E-state index contributed by atoms with van der Waals surface area (Å²) in [5.74, 6) is -1.96. The van der Waals surface area contributed by atoms with Gasteiger partial charge in [-0.05, 0) is 29.8 Å². The van der Waals surface area contributed by atoms with Crippen LogP contribution in [-0.4, -0.2) is 26.8 Å². The molecule has 3 rings (SSSR count). The van der Waals surface area contributed by atoms with Gasteiger partial charge in [-0.1, -0.05) is 30.3 Å². The number of aliphatic carboxylic acids is 1. The van der Waals surface area contributed by atoms with Gasteiger partial charge in [0.2, 0.25) is 0 Å². The topological polar surface area (TPSA) is 84.2 Å². The molecule has 2 N–H and O–H groups in total. The average Bonchev–Trinajstić information content (AvgIpc) is 3.06. The van der Waals surface area contributed by atoms with Gasteiger partial charge in [-0.3, -0.25) is 9.59 Å². The maximum atomic E-state index is 13.8. The fourth-order valence-corrected chi connectivity index (χ4v) is 2.36. The van der Waals surface area contributed by atoms with Crippen LogP contribution >= 0.6 is 0 Å². The molecule has 0 saturated heterocycles. The summed E-state index contributed by atoms with van der Waals surface area (Å²) < 4.78 is 15.1. The molecule has 0 aliphatic rings. The highest BCUT2D eigenvalue weighted by atomic mass is 19.1. The van der Waals surface area contributed by atoms with Crippen molar-refractivity contribution in [3.8, 4) is 5.69 Å². The number of rotatable bonds is 5. The minimum absolute atomic E-state index is 0.0911. The van der Waals surface area contributed by atoms with Crippen molar-refractivity contribution >= 4 is 17.6 Å². The molecule has 2 aromatic carbocycles. The molecule has 1 heterocycles. The molecule has 126 valence electrons. The number of carboxylic acid groups (broad SMARTS) is 1. The van der Waals surface area contributed by atoms with E-state index in [1.165, 1.54) is 23.0 Å². The zero-order valence-electron chi connectivity index (χ0n) is 13.0. The standard InChI is InChI=1S/C18H14FN3O3/c19-13-6-2-4-8-16(13)22-10-9-15(21-22)18(25)20-14-7-3-1-5-12(14)11-17(23)24/h1-10H,11H2,(H,20,25)(H,23,24). The maximum absolute atomic E-state index is 13.8. The molecule has 0 unspecified atom stereocenters. The first-order chi connectivity index (χ1) is 12.0. The van der Waals surface area contributed by atoms with Crippen molar-refractivity contribution < 1.29 is 19.1 Å². The predicted octanol–water partition coefficient (Wildman–Crippen LogP) is 2.89. The summed E-state index contributed by atoms with van der Waals surface area (Å²) in [6, 6.07) is 14.2. The monoisotopic (exact) mass is 339 g/mol. The van der Waals surface area contributed by atoms with Gasteiger partial charge in [0.15, 0.2) is 5.69 Å². The molecule has 0 bridgehead atoms. The Morgan fingerprint density at radius 1 is 1.08 bits per heavy atom. The van der Waals surface area contributed by atoms with Crippen LogP contribution in [0.15, 0.2) is 60.8 Å². The molecule has 25 heavy (non-hydrogen) atoms. The Balaban J connectivity index is 1.82. The molecule has 0 spiro atoms. The minimum Gasteiger partial charge on any atom is -0.481 e. The summed E-state index contributed by atoms with van der Waals surface area (Å²) in [7, 11) is 0. The lowest BCUT2D eigenvalue weighted by Crippen LogP contribution is -2.15. The second-order valence-electron chi connectivity index (χ2n) is 5.28. The van der Waals surface area contributed by atoms with Crippen LogP contribution < -0.4 is 5.32 Å². The smallest absolute Gasteiger partial charge is 0.307 e. The highest BCUT2D eigenvalue weighted by Crippen LogP contribution is 2.17. The van der Waals surface area contributed by atoms with Crippen molar-refractivity contribution in [1.82, 2.24) is 9.78 Å². The van der Waals surface area contributed by atoms with E-state index >= 15 is 0 Å². The number of amides is 1. The third kappa shape index (κ3) is 3.72. The summed E-state index contributed by atoms with van der Waals surface area (Å²) in [6.07, 6.45) is 1.27. The molecule has 0 aliphatic heterocycles. The number of carboxylic acids is 1. The van der Waals surface area contributed by atoms with Crippen LogP contribution in [0.3, 0.4) is 0 Å². The Morgan fingerprint density at radius 2 is 1.80 bits per heavy atom.